The highest BCUT2D eigenvalue weighted by molar-refractivity contribution is 7.93. The molecule has 0 bridgehead atoms. The second kappa shape index (κ2) is 5.52. The lowest BCUT2D eigenvalue weighted by Crippen LogP contribution is -2.45. The lowest BCUT2D eigenvalue weighted by molar-refractivity contribution is 0.578. The molecule has 0 fully saturated rings. The molecular weight excluding hydrogens is 332 g/mol. The van der Waals surface area contributed by atoms with Gasteiger partial charge in [0.1, 0.15) is 5.82 Å². The van der Waals surface area contributed by atoms with Crippen LogP contribution in [0.3, 0.4) is 0 Å². The van der Waals surface area contributed by atoms with Crippen LogP contribution in [0.5, 0.6) is 0 Å². The molecule has 1 aromatic carbocycles. The van der Waals surface area contributed by atoms with Crippen molar-refractivity contribution in [1.82, 2.24) is 9.13 Å². The van der Waals surface area contributed by atoms with E-state index in [1.807, 2.05) is 12.1 Å². The van der Waals surface area contributed by atoms with Crippen molar-refractivity contribution >= 4 is 21.5 Å². The Balaban J connectivity index is 2.29. The highest BCUT2D eigenvalue weighted by Crippen LogP contribution is 2.31. The number of rotatable bonds is 2. The molecule has 2 heterocycles. The molecule has 3 rings (SSSR count). The zero-order chi connectivity index (χ0) is 17.6. The minimum atomic E-state index is -4.18. The van der Waals surface area contributed by atoms with E-state index in [1.165, 1.54) is 18.4 Å². The Bertz CT molecular complexity index is 1040. The number of nitrogen functional groups attached to an aromatic ring is 1. The highest BCUT2D eigenvalue weighted by atomic mass is 32.2. The maximum atomic E-state index is 13.1. The van der Waals surface area contributed by atoms with Gasteiger partial charge in [-0.05, 0) is 24.5 Å². The van der Waals surface area contributed by atoms with Crippen LogP contribution in [0.2, 0.25) is 0 Å². The molecule has 0 saturated heterocycles. The molecule has 0 spiro atoms. The Morgan fingerprint density at radius 2 is 1.75 bits per heavy atom. The van der Waals surface area contributed by atoms with E-state index in [1.54, 1.807) is 12.1 Å². The summed E-state index contributed by atoms with van der Waals surface area (Å²) in [4.78, 5) is 23.8. The molecule has 24 heavy (non-hydrogen) atoms. The van der Waals surface area contributed by atoms with E-state index in [9.17, 15) is 18.0 Å². The van der Waals surface area contributed by atoms with Gasteiger partial charge in [-0.3, -0.25) is 18.2 Å². The minimum Gasteiger partial charge on any atom is -0.384 e. The van der Waals surface area contributed by atoms with Crippen molar-refractivity contribution in [3.8, 4) is 0 Å². The summed E-state index contributed by atoms with van der Waals surface area (Å²) in [5.41, 5.74) is 5.66. The third-order valence-corrected chi connectivity index (χ3v) is 6.14. The third kappa shape index (κ3) is 2.23. The number of fused-ring (bicyclic) bond motifs is 1. The van der Waals surface area contributed by atoms with Crippen LogP contribution in [0.4, 0.5) is 11.5 Å². The topological polar surface area (TPSA) is 107 Å². The smallest absolute Gasteiger partial charge is 0.332 e. The van der Waals surface area contributed by atoms with E-state index >= 15 is 0 Å². The number of hydrogen-bond acceptors (Lipinski definition) is 5. The molecular formula is C15H18N4O4S. The summed E-state index contributed by atoms with van der Waals surface area (Å²) < 4.78 is 29.2. The Kier molecular flexibility index (Phi) is 3.75. The fourth-order valence-electron chi connectivity index (χ4n) is 2.93. The van der Waals surface area contributed by atoms with E-state index in [4.69, 9.17) is 5.73 Å². The monoisotopic (exact) mass is 350 g/mol. The fourth-order valence-corrected chi connectivity index (χ4v) is 4.72. The normalized spacial score (nSPS) is 14.5. The van der Waals surface area contributed by atoms with Gasteiger partial charge in [0.2, 0.25) is 0 Å². The molecule has 128 valence electrons. The van der Waals surface area contributed by atoms with Gasteiger partial charge in [0, 0.05) is 20.6 Å². The van der Waals surface area contributed by atoms with Crippen LogP contribution in [0, 0.1) is 0 Å². The Morgan fingerprint density at radius 3 is 2.46 bits per heavy atom. The Morgan fingerprint density at radius 1 is 1.08 bits per heavy atom. The first kappa shape index (κ1) is 16.3. The quantitative estimate of drug-likeness (QED) is 0.808. The number of nitrogens with zero attached hydrogens (tertiary/aromatic N) is 3. The number of nitrogens with two attached hydrogens (primary N) is 1. The molecule has 2 aromatic rings. The summed E-state index contributed by atoms with van der Waals surface area (Å²) in [7, 11) is -1.62. The van der Waals surface area contributed by atoms with Gasteiger partial charge in [-0.15, -0.1) is 0 Å². The molecule has 0 aliphatic carbocycles. The molecule has 1 aromatic heterocycles. The van der Waals surface area contributed by atoms with E-state index < -0.39 is 26.2 Å². The van der Waals surface area contributed by atoms with Crippen molar-refractivity contribution in [2.45, 2.75) is 17.7 Å². The van der Waals surface area contributed by atoms with Crippen LogP contribution in [0.25, 0.3) is 0 Å². The fraction of sp³-hybridized carbons (Fsp3) is 0.333. The van der Waals surface area contributed by atoms with Crippen molar-refractivity contribution in [2.24, 2.45) is 14.1 Å². The van der Waals surface area contributed by atoms with Gasteiger partial charge in [-0.2, -0.15) is 0 Å². The van der Waals surface area contributed by atoms with Crippen LogP contribution in [0.15, 0.2) is 38.8 Å². The van der Waals surface area contributed by atoms with Crippen LogP contribution < -0.4 is 21.3 Å². The third-order valence-electron chi connectivity index (χ3n) is 4.28. The molecule has 0 atom stereocenters. The zero-order valence-electron chi connectivity index (χ0n) is 13.4. The molecule has 1 aliphatic heterocycles. The SMILES string of the molecule is Cn1c(N)c(S(=O)(=O)N2CCCc3ccccc32)c(=O)n(C)c1=O. The average Bonchev–Trinajstić information content (AvgIpc) is 2.57. The lowest BCUT2D eigenvalue weighted by Gasteiger charge is -2.30. The number of hydrogen-bond donors (Lipinski definition) is 1. The van der Waals surface area contributed by atoms with Gasteiger partial charge in [-0.1, -0.05) is 18.2 Å². The molecule has 0 amide bonds. The lowest BCUT2D eigenvalue weighted by atomic mass is 10.0. The zero-order valence-corrected chi connectivity index (χ0v) is 14.2. The molecule has 1 aliphatic rings. The number of para-hydroxylation sites is 1. The number of aromatic nitrogens is 2. The number of anilines is 2. The molecule has 8 nitrogen and oxygen atoms in total. The predicted octanol–water partition coefficient (Wildman–Crippen LogP) is -0.192. The van der Waals surface area contributed by atoms with Crippen molar-refractivity contribution in [2.75, 3.05) is 16.6 Å². The van der Waals surface area contributed by atoms with Gasteiger partial charge in [-0.25, -0.2) is 13.2 Å². The van der Waals surface area contributed by atoms with Crippen LogP contribution >= 0.6 is 0 Å². The number of sulfonamides is 1. The van der Waals surface area contributed by atoms with Crippen LogP contribution in [-0.2, 0) is 30.5 Å². The van der Waals surface area contributed by atoms with E-state index in [0.29, 0.717) is 12.1 Å². The minimum absolute atomic E-state index is 0.255. The summed E-state index contributed by atoms with van der Waals surface area (Å²) in [6.07, 6.45) is 1.41. The maximum absolute atomic E-state index is 13.1. The molecule has 0 saturated carbocycles. The van der Waals surface area contributed by atoms with Crippen molar-refractivity contribution in [3.05, 3.63) is 50.7 Å². The molecule has 2 N–H and O–H groups in total. The number of benzene rings is 1. The Labute approximate surface area is 138 Å². The average molecular weight is 350 g/mol. The van der Waals surface area contributed by atoms with Crippen molar-refractivity contribution in [3.63, 3.8) is 0 Å². The van der Waals surface area contributed by atoms with Crippen molar-refractivity contribution in [1.29, 1.82) is 0 Å². The van der Waals surface area contributed by atoms with Gasteiger partial charge in [0.25, 0.3) is 15.6 Å². The largest absolute Gasteiger partial charge is 0.384 e. The van der Waals surface area contributed by atoms with Gasteiger partial charge < -0.3 is 5.73 Å². The first-order valence-electron chi connectivity index (χ1n) is 7.43. The van der Waals surface area contributed by atoms with Gasteiger partial charge in [0.15, 0.2) is 4.90 Å². The predicted molar refractivity (Wildman–Crippen MR) is 90.6 cm³/mol. The Hall–Kier alpha value is -2.55. The summed E-state index contributed by atoms with van der Waals surface area (Å²) in [5.74, 6) is -0.355. The molecule has 9 heteroatoms. The highest BCUT2D eigenvalue weighted by Gasteiger charge is 2.34. The first-order valence-corrected chi connectivity index (χ1v) is 8.87. The van der Waals surface area contributed by atoms with Crippen LogP contribution in [0.1, 0.15) is 12.0 Å². The summed E-state index contributed by atoms with van der Waals surface area (Å²) in [5, 5.41) is 0. The van der Waals surface area contributed by atoms with E-state index in [2.05, 4.69) is 0 Å². The summed E-state index contributed by atoms with van der Waals surface area (Å²) in [6, 6.07) is 7.15. The molecule has 0 unspecified atom stereocenters. The number of aryl methyl sites for hydroxylation is 1. The maximum Gasteiger partial charge on any atom is 0.332 e. The summed E-state index contributed by atoms with van der Waals surface area (Å²) >= 11 is 0. The van der Waals surface area contributed by atoms with Gasteiger partial charge >= 0.3 is 5.69 Å². The van der Waals surface area contributed by atoms with E-state index in [0.717, 1.165) is 21.1 Å². The van der Waals surface area contributed by atoms with Gasteiger partial charge in [0.05, 0.1) is 5.69 Å². The molecule has 0 radical (unpaired) electrons. The standard InChI is InChI=1S/C15H18N4O4S/c1-17-13(16)12(14(20)18(2)15(17)21)24(22,23)19-9-5-7-10-6-3-4-8-11(10)19/h3-4,6,8H,5,7,9,16H2,1-2H3. The second-order valence-corrected chi connectivity index (χ2v) is 7.53. The second-order valence-electron chi connectivity index (χ2n) is 5.73. The first-order chi connectivity index (χ1) is 11.3. The van der Waals surface area contributed by atoms with Crippen LogP contribution in [-0.4, -0.2) is 24.1 Å². The summed E-state index contributed by atoms with van der Waals surface area (Å²) in [6.45, 7) is 0.255. The van der Waals surface area contributed by atoms with E-state index in [-0.39, 0.29) is 12.4 Å². The van der Waals surface area contributed by atoms with Crippen molar-refractivity contribution < 1.29 is 8.42 Å².